The first kappa shape index (κ1) is 14.6. The molecule has 2 nitrogen and oxygen atoms in total. The third-order valence-corrected chi connectivity index (χ3v) is 5.23. The minimum atomic E-state index is -0.425. The molecule has 1 N–H and O–H groups in total. The lowest BCUT2D eigenvalue weighted by atomic mass is 9.77. The van der Waals surface area contributed by atoms with Gasteiger partial charge in [-0.3, -0.25) is 4.79 Å². The van der Waals surface area contributed by atoms with Crippen LogP contribution >= 0.6 is 0 Å². The normalized spacial score (nSPS) is 22.1. The van der Waals surface area contributed by atoms with Crippen LogP contribution in [0.1, 0.15) is 63.4 Å². The summed E-state index contributed by atoms with van der Waals surface area (Å²) in [5.74, 6) is -0.0712. The number of rotatable bonds is 3. The Balaban J connectivity index is 1.79. The van der Waals surface area contributed by atoms with Gasteiger partial charge in [0, 0.05) is 6.04 Å². The summed E-state index contributed by atoms with van der Waals surface area (Å²) < 4.78 is 13.2. The highest BCUT2D eigenvalue weighted by molar-refractivity contribution is 5.88. The van der Waals surface area contributed by atoms with Crippen molar-refractivity contribution in [2.24, 2.45) is 0 Å². The fourth-order valence-electron chi connectivity index (χ4n) is 3.96. The highest BCUT2D eigenvalue weighted by atomic mass is 19.1. The molecule has 0 saturated heterocycles. The smallest absolute Gasteiger partial charge is 0.230 e. The van der Waals surface area contributed by atoms with Gasteiger partial charge in [0.1, 0.15) is 5.82 Å². The van der Waals surface area contributed by atoms with Gasteiger partial charge < -0.3 is 5.32 Å². The maximum absolute atomic E-state index is 13.2. The van der Waals surface area contributed by atoms with Crippen LogP contribution in [0.4, 0.5) is 4.39 Å². The van der Waals surface area contributed by atoms with E-state index >= 15 is 0 Å². The lowest BCUT2D eigenvalue weighted by Crippen LogP contribution is -2.47. The van der Waals surface area contributed by atoms with Crippen molar-refractivity contribution >= 4 is 5.91 Å². The van der Waals surface area contributed by atoms with Crippen LogP contribution in [0.25, 0.3) is 0 Å². The first-order valence-corrected chi connectivity index (χ1v) is 8.28. The van der Waals surface area contributed by atoms with Gasteiger partial charge in [-0.15, -0.1) is 0 Å². The third kappa shape index (κ3) is 2.97. The van der Waals surface area contributed by atoms with E-state index in [1.807, 2.05) is 0 Å². The Morgan fingerprint density at radius 2 is 1.62 bits per heavy atom. The van der Waals surface area contributed by atoms with Gasteiger partial charge in [0.25, 0.3) is 0 Å². The summed E-state index contributed by atoms with van der Waals surface area (Å²) in [4.78, 5) is 12.9. The Labute approximate surface area is 126 Å². The number of benzene rings is 1. The van der Waals surface area contributed by atoms with Gasteiger partial charge in [0.05, 0.1) is 5.41 Å². The highest BCUT2D eigenvalue weighted by Gasteiger charge is 2.43. The van der Waals surface area contributed by atoms with Crippen LogP contribution < -0.4 is 5.32 Å². The average Bonchev–Trinajstić information content (AvgIpc) is 3.00. The molecule has 3 heteroatoms. The van der Waals surface area contributed by atoms with E-state index in [4.69, 9.17) is 0 Å². The minimum absolute atomic E-state index is 0.165. The molecule has 2 aliphatic carbocycles. The molecule has 1 amide bonds. The van der Waals surface area contributed by atoms with E-state index in [0.717, 1.165) is 44.1 Å². The van der Waals surface area contributed by atoms with Crippen molar-refractivity contribution in [3.63, 3.8) is 0 Å². The number of carbonyl (C=O) groups excluding carboxylic acids is 1. The second-order valence-corrected chi connectivity index (χ2v) is 6.60. The molecule has 0 bridgehead atoms. The van der Waals surface area contributed by atoms with Gasteiger partial charge in [-0.05, 0) is 43.4 Å². The maximum atomic E-state index is 13.2. The van der Waals surface area contributed by atoms with E-state index in [2.05, 4.69) is 5.32 Å². The van der Waals surface area contributed by atoms with Crippen LogP contribution in [0.15, 0.2) is 24.3 Å². The fraction of sp³-hybridized carbons (Fsp3) is 0.611. The van der Waals surface area contributed by atoms with Gasteiger partial charge in [-0.25, -0.2) is 4.39 Å². The van der Waals surface area contributed by atoms with Crippen molar-refractivity contribution < 1.29 is 9.18 Å². The summed E-state index contributed by atoms with van der Waals surface area (Å²) in [6, 6.07) is 6.87. The van der Waals surface area contributed by atoms with Crippen LogP contribution in [0.3, 0.4) is 0 Å². The zero-order chi connectivity index (χ0) is 14.7. The molecule has 21 heavy (non-hydrogen) atoms. The number of nitrogens with one attached hydrogen (secondary N) is 1. The first-order chi connectivity index (χ1) is 10.2. The third-order valence-electron chi connectivity index (χ3n) is 5.23. The topological polar surface area (TPSA) is 29.1 Å². The van der Waals surface area contributed by atoms with Crippen molar-refractivity contribution in [3.05, 3.63) is 35.6 Å². The molecule has 0 aromatic heterocycles. The summed E-state index contributed by atoms with van der Waals surface area (Å²) in [5, 5.41) is 3.28. The second-order valence-electron chi connectivity index (χ2n) is 6.60. The molecule has 3 rings (SSSR count). The summed E-state index contributed by atoms with van der Waals surface area (Å²) >= 11 is 0. The van der Waals surface area contributed by atoms with E-state index in [-0.39, 0.29) is 11.7 Å². The number of halogens is 1. The maximum Gasteiger partial charge on any atom is 0.230 e. The Morgan fingerprint density at radius 3 is 2.24 bits per heavy atom. The highest BCUT2D eigenvalue weighted by Crippen LogP contribution is 2.41. The number of carbonyl (C=O) groups is 1. The van der Waals surface area contributed by atoms with Crippen LogP contribution in [-0.2, 0) is 10.2 Å². The largest absolute Gasteiger partial charge is 0.353 e. The van der Waals surface area contributed by atoms with E-state index in [0.29, 0.717) is 6.04 Å². The molecule has 0 aliphatic heterocycles. The Hall–Kier alpha value is -1.38. The van der Waals surface area contributed by atoms with E-state index in [9.17, 15) is 9.18 Å². The summed E-state index contributed by atoms with van der Waals surface area (Å²) in [5.41, 5.74) is 0.556. The average molecular weight is 289 g/mol. The lowest BCUT2D eigenvalue weighted by molar-refractivity contribution is -0.127. The van der Waals surface area contributed by atoms with E-state index < -0.39 is 5.41 Å². The Morgan fingerprint density at radius 1 is 1.00 bits per heavy atom. The Kier molecular flexibility index (Phi) is 4.27. The standard InChI is InChI=1S/C18H24FNO/c19-15-10-8-14(9-11-15)18(12-4-5-13-18)17(21)20-16-6-2-1-3-7-16/h8-11,16H,1-7,12-13H2,(H,20,21). The molecule has 0 spiro atoms. The van der Waals surface area contributed by atoms with Gasteiger partial charge in [0.2, 0.25) is 5.91 Å². The van der Waals surface area contributed by atoms with Crippen molar-refractivity contribution in [2.45, 2.75) is 69.2 Å². The van der Waals surface area contributed by atoms with Crippen LogP contribution in [0, 0.1) is 5.82 Å². The van der Waals surface area contributed by atoms with Crippen LogP contribution in [0.5, 0.6) is 0 Å². The molecule has 114 valence electrons. The van der Waals surface area contributed by atoms with Crippen molar-refractivity contribution in [1.82, 2.24) is 5.32 Å². The molecule has 2 fully saturated rings. The molecular formula is C18H24FNO. The molecule has 0 heterocycles. The first-order valence-electron chi connectivity index (χ1n) is 8.28. The van der Waals surface area contributed by atoms with Crippen molar-refractivity contribution in [2.75, 3.05) is 0 Å². The summed E-state index contributed by atoms with van der Waals surface area (Å²) in [6.07, 6.45) is 9.86. The lowest BCUT2D eigenvalue weighted by Gasteiger charge is -2.32. The molecule has 0 radical (unpaired) electrons. The van der Waals surface area contributed by atoms with Gasteiger partial charge >= 0.3 is 0 Å². The quantitative estimate of drug-likeness (QED) is 0.892. The van der Waals surface area contributed by atoms with E-state index in [1.165, 1.54) is 31.4 Å². The molecule has 2 aliphatic rings. The Bertz CT molecular complexity index is 484. The molecule has 1 aromatic carbocycles. The van der Waals surface area contributed by atoms with Crippen LogP contribution in [-0.4, -0.2) is 11.9 Å². The zero-order valence-electron chi connectivity index (χ0n) is 12.5. The van der Waals surface area contributed by atoms with Gasteiger partial charge in [0.15, 0.2) is 0 Å². The van der Waals surface area contributed by atoms with Crippen LogP contribution in [0.2, 0.25) is 0 Å². The predicted octanol–water partition coefficient (Wildman–Crippen LogP) is 4.09. The molecule has 0 unspecified atom stereocenters. The van der Waals surface area contributed by atoms with E-state index in [1.54, 1.807) is 12.1 Å². The fourth-order valence-corrected chi connectivity index (χ4v) is 3.96. The van der Waals surface area contributed by atoms with Crippen molar-refractivity contribution in [3.8, 4) is 0 Å². The number of hydrogen-bond donors (Lipinski definition) is 1. The SMILES string of the molecule is O=C(NC1CCCCC1)C1(c2ccc(F)cc2)CCCC1. The zero-order valence-corrected chi connectivity index (χ0v) is 12.5. The molecule has 0 atom stereocenters. The molecular weight excluding hydrogens is 265 g/mol. The van der Waals surface area contributed by atoms with Gasteiger partial charge in [-0.1, -0.05) is 44.2 Å². The molecule has 2 saturated carbocycles. The monoisotopic (exact) mass is 289 g/mol. The predicted molar refractivity (Wildman–Crippen MR) is 81.6 cm³/mol. The molecule has 1 aromatic rings. The summed E-state index contributed by atoms with van der Waals surface area (Å²) in [7, 11) is 0. The minimum Gasteiger partial charge on any atom is -0.353 e. The van der Waals surface area contributed by atoms with Crippen molar-refractivity contribution in [1.29, 1.82) is 0 Å². The number of hydrogen-bond acceptors (Lipinski definition) is 1. The summed E-state index contributed by atoms with van der Waals surface area (Å²) in [6.45, 7) is 0. The second kappa shape index (κ2) is 6.17. The number of amides is 1. The van der Waals surface area contributed by atoms with Gasteiger partial charge in [-0.2, -0.15) is 0 Å².